The first-order valence-electron chi connectivity index (χ1n) is 34.9. The van der Waals surface area contributed by atoms with E-state index in [1.54, 1.807) is 35.0 Å². The average Bonchev–Trinajstić information content (AvgIpc) is 1.42. The molecule has 2 unspecified atom stereocenters. The third-order valence-electron chi connectivity index (χ3n) is 20.7. The lowest BCUT2D eigenvalue weighted by Gasteiger charge is -2.61. The minimum absolute atomic E-state index is 0.0270. The number of rotatable bonds is 11. The van der Waals surface area contributed by atoms with E-state index in [0.717, 1.165) is 38.9 Å². The van der Waals surface area contributed by atoms with E-state index >= 15 is 0 Å². The van der Waals surface area contributed by atoms with Crippen LogP contribution in [-0.4, -0.2) is 227 Å². The van der Waals surface area contributed by atoms with E-state index in [4.69, 9.17) is 99.8 Å². The number of cyclic esters (lactones) is 2. The Balaban J connectivity index is 0.000000202. The summed E-state index contributed by atoms with van der Waals surface area (Å²) in [6.45, 7) is 15.6. The van der Waals surface area contributed by atoms with Crippen molar-refractivity contribution >= 4 is 86.8 Å². The number of nitrogens with two attached hydrogens (primary N) is 1. The van der Waals surface area contributed by atoms with Crippen molar-refractivity contribution in [2.45, 2.75) is 164 Å². The van der Waals surface area contributed by atoms with E-state index in [-0.39, 0.29) is 68.3 Å². The molecule has 10 aliphatic rings. The first-order chi connectivity index (χ1) is 51.7. The molecule has 10 heterocycles. The molecular weight excluding hydrogens is 1520 g/mol. The number of nitriles is 2. The number of aromatic hydroxyl groups is 1. The molecule has 31 nitrogen and oxygen atoms in total. The molecule has 0 aliphatic carbocycles. The van der Waals surface area contributed by atoms with Gasteiger partial charge >= 0.3 is 30.0 Å². The van der Waals surface area contributed by atoms with Gasteiger partial charge in [0.2, 0.25) is 13.6 Å². The molecule has 4 saturated heterocycles. The molecule has 0 radical (unpaired) electrons. The number of phenolic OH excluding ortho intramolecular Hbond substituents is 1. The lowest BCUT2D eigenvalue weighted by molar-refractivity contribution is -0.151. The quantitative estimate of drug-likeness (QED) is 0.0211. The molecular formula is C73H90Cl2N8O23S3. The van der Waals surface area contributed by atoms with Gasteiger partial charge in [-0.05, 0) is 97.7 Å². The molecule has 36 heteroatoms. The van der Waals surface area contributed by atoms with Crippen LogP contribution >= 0.6 is 46.7 Å². The van der Waals surface area contributed by atoms with Crippen molar-refractivity contribution in [2.24, 2.45) is 5.73 Å². The molecule has 109 heavy (non-hydrogen) atoms. The maximum atomic E-state index is 13.9. The van der Waals surface area contributed by atoms with Crippen molar-refractivity contribution < 1.29 is 108 Å². The minimum Gasteiger partial charge on any atom is -0.504 e. The summed E-state index contributed by atoms with van der Waals surface area (Å²) in [6.07, 6.45) is 0.984. The molecule has 4 aromatic carbocycles. The van der Waals surface area contributed by atoms with Crippen molar-refractivity contribution in [3.63, 3.8) is 0 Å². The van der Waals surface area contributed by atoms with Crippen molar-refractivity contribution in [3.8, 4) is 69.6 Å². The second-order valence-corrected chi connectivity index (χ2v) is 33.2. The first-order valence-corrected chi connectivity index (χ1v) is 39.9. The van der Waals surface area contributed by atoms with Gasteiger partial charge in [0.25, 0.3) is 10.1 Å². The van der Waals surface area contributed by atoms with Crippen LogP contribution < -0.4 is 53.7 Å². The Bertz CT molecular complexity index is 4440. The number of alkyl halides is 2. The number of alkyl carbamates (subject to hydrolysis) is 1. The summed E-state index contributed by atoms with van der Waals surface area (Å²) in [4.78, 5) is 74.1. The standard InChI is InChI=1S/C40H50N4O12S.C31H34N4O8S.CH2Cl2.CH4O3S/c1-19-12-22-13-24-25(14-41)44-26-15-51-38(46)23(42-39(47)56-40(4,5)6)16-57-37(29-28(26)36-34(53-18-54-36)20(2)33(29)55-21(3)45)31(44)30(43(24)7)27(22)35(32(19)49-9)52-17-50-11-10-48-8;1-12-6-15-7-17-18(8-32)35-19-9-40-31(38)16(33)10-44-30(24(35)23(34(17)4)20(15)25(37)26(12)39-5)22-21(19)29-28(41-11-42-29)13(2)27(22)43-14(3)36;2-1-3;1-5(2,3)4/h12,23-26,30-31,37H,10-11,13,15-18H2,1-9H3,(H,42,47);6,16-19,23-24,30,37H,7,9-11,33H2,1-5H3;1H2;1H3,(H,2,3,4)/t23-,24-,25-,26-,30+,31?,37+;16-,17-,18-,19-,23+,24?,30+;;/m00../s1. The van der Waals surface area contributed by atoms with Crippen LogP contribution in [0.4, 0.5) is 4.79 Å². The summed E-state index contributed by atoms with van der Waals surface area (Å²) >= 11 is 12.4. The molecule has 0 saturated carbocycles. The summed E-state index contributed by atoms with van der Waals surface area (Å²) in [7, 11) is 5.05. The average molecular weight is 1610 g/mol. The number of benzene rings is 4. The summed E-state index contributed by atoms with van der Waals surface area (Å²) in [6, 6.07) is 2.27. The van der Waals surface area contributed by atoms with E-state index in [1.165, 1.54) is 44.5 Å². The molecule has 5 N–H and O–H groups in total. The Morgan fingerprint density at radius 3 is 1.59 bits per heavy atom. The van der Waals surface area contributed by atoms with Gasteiger partial charge in [0.15, 0.2) is 52.8 Å². The third kappa shape index (κ3) is 15.7. The van der Waals surface area contributed by atoms with Crippen LogP contribution in [0.5, 0.6) is 57.5 Å². The highest BCUT2D eigenvalue weighted by Gasteiger charge is 2.63. The minimum atomic E-state index is -3.67. The predicted octanol–water partition coefficient (Wildman–Crippen LogP) is 7.90. The van der Waals surface area contributed by atoms with Gasteiger partial charge in [-0.3, -0.25) is 38.5 Å². The van der Waals surface area contributed by atoms with Gasteiger partial charge in [0.1, 0.15) is 54.5 Å². The number of piperazine rings is 2. The van der Waals surface area contributed by atoms with E-state index in [2.05, 4.69) is 43.1 Å². The predicted molar refractivity (Wildman–Crippen MR) is 397 cm³/mol. The Labute approximate surface area is 650 Å². The second-order valence-electron chi connectivity index (χ2n) is 28.5. The van der Waals surface area contributed by atoms with Crippen LogP contribution in [0.1, 0.15) is 136 Å². The number of halogens is 2. The number of esters is 4. The van der Waals surface area contributed by atoms with E-state index in [9.17, 15) is 48.0 Å². The van der Waals surface area contributed by atoms with E-state index in [0.29, 0.717) is 112 Å². The Kier molecular flexibility index (Phi) is 25.2. The number of amides is 1. The molecule has 0 aromatic heterocycles. The smallest absolute Gasteiger partial charge is 0.408 e. The molecule has 14 rings (SSSR count). The number of hydrogen-bond donors (Lipinski definition) is 4. The van der Waals surface area contributed by atoms with Gasteiger partial charge in [-0.2, -0.15) is 18.9 Å². The summed E-state index contributed by atoms with van der Waals surface area (Å²) in [5.41, 5.74) is 14.6. The summed E-state index contributed by atoms with van der Waals surface area (Å²) in [5, 5.41) is 35.6. The van der Waals surface area contributed by atoms with Gasteiger partial charge in [0, 0.05) is 101 Å². The number of carbonyl (C=O) groups excluding carboxylic acids is 5. The number of methoxy groups -OCH3 is 3. The molecule has 14 atom stereocenters. The molecule has 0 spiro atoms. The lowest BCUT2D eigenvalue weighted by atomic mass is 9.71. The number of ether oxygens (including phenoxy) is 14. The highest BCUT2D eigenvalue weighted by Crippen LogP contribution is 2.67. The lowest BCUT2D eigenvalue weighted by Crippen LogP contribution is -2.69. The fourth-order valence-corrected chi connectivity index (χ4v) is 19.9. The number of aryl methyl sites for hydroxylation is 2. The fourth-order valence-electron chi connectivity index (χ4n) is 16.9. The number of hydrogen-bond acceptors (Lipinski definition) is 31. The van der Waals surface area contributed by atoms with Crippen LogP contribution in [0.25, 0.3) is 0 Å². The molecule has 4 fully saturated rings. The number of carbonyl (C=O) groups is 5. The molecule has 10 aliphatic heterocycles. The Morgan fingerprint density at radius 1 is 0.679 bits per heavy atom. The number of likely N-dealkylation sites (N-methyl/N-ethyl adjacent to an activating group) is 2. The van der Waals surface area contributed by atoms with Gasteiger partial charge in [-0.1, -0.05) is 12.1 Å². The normalized spacial score (nSPS) is 26.7. The van der Waals surface area contributed by atoms with Gasteiger partial charge in [-0.25, -0.2) is 9.59 Å². The molecule has 8 bridgehead atoms. The van der Waals surface area contributed by atoms with Crippen LogP contribution in [0.3, 0.4) is 0 Å². The van der Waals surface area contributed by atoms with Crippen molar-refractivity contribution in [3.05, 3.63) is 78.9 Å². The fraction of sp³-hybridized carbons (Fsp3) is 0.575. The Hall–Kier alpha value is -7.68. The van der Waals surface area contributed by atoms with Crippen LogP contribution in [0.15, 0.2) is 12.1 Å². The zero-order valence-corrected chi connectivity index (χ0v) is 66.9. The van der Waals surface area contributed by atoms with Crippen molar-refractivity contribution in [1.29, 1.82) is 10.5 Å². The van der Waals surface area contributed by atoms with Gasteiger partial charge in [0.05, 0.1) is 85.8 Å². The molecule has 4 aromatic rings. The number of nitrogens with one attached hydrogen (secondary N) is 1. The van der Waals surface area contributed by atoms with Gasteiger partial charge < -0.3 is 82.5 Å². The highest BCUT2D eigenvalue weighted by molar-refractivity contribution is 7.99. The van der Waals surface area contributed by atoms with Crippen LogP contribution in [-0.2, 0) is 65.8 Å². The number of nitrogens with zero attached hydrogens (tertiary/aromatic N) is 6. The molecule has 1 amide bonds. The SMILES string of the molecule is COCCOCOc1c(OC)c(C)cc2c1[C@@H]1C3[C@@H]4SC[C@H](NC(=O)OC(C)(C)C)C(=O)OC[C@@H](c5c6c(c(C)c(OC(C)=O)c54)OCO6)N3[C@@H](C#N)[C@H](C2)N1C.COc1c(C)cc2c(c1O)[C@@H]1C3[C@@H]4SC[C@H](N)C(=O)OC[C@@H](c5c6c(c(C)c(OC(C)=O)c54)OCO6)N3[C@@H](C#N)[C@H](C2)N1C.CS(=O)(=O)O.ClCCl. The topological polar surface area (TPSA) is 388 Å². The van der Waals surface area contributed by atoms with Crippen molar-refractivity contribution in [1.82, 2.24) is 24.9 Å². The number of fused-ring (bicyclic) bond motifs is 18. The van der Waals surface area contributed by atoms with Crippen LogP contribution in [0.2, 0.25) is 0 Å². The van der Waals surface area contributed by atoms with E-state index in [1.807, 2.05) is 47.9 Å². The van der Waals surface area contributed by atoms with Gasteiger partial charge in [-0.15, -0.1) is 46.7 Å². The number of thioether (sulfide) groups is 2. The highest BCUT2D eigenvalue weighted by atomic mass is 35.5. The first kappa shape index (κ1) is 82.3. The maximum Gasteiger partial charge on any atom is 0.408 e. The van der Waals surface area contributed by atoms with Crippen molar-refractivity contribution in [2.75, 3.05) is 105 Å². The zero-order valence-electron chi connectivity index (χ0n) is 62.9. The Morgan fingerprint density at radius 2 is 1.13 bits per heavy atom. The second kappa shape index (κ2) is 33.3. The largest absolute Gasteiger partial charge is 0.504 e. The maximum absolute atomic E-state index is 13.9. The zero-order chi connectivity index (χ0) is 79.3. The summed E-state index contributed by atoms with van der Waals surface area (Å²) in [5.74, 6) is 2.06. The third-order valence-corrected chi connectivity index (χ3v) is 23.6. The van der Waals surface area contributed by atoms with Crippen LogP contribution in [0, 0.1) is 50.4 Å². The summed E-state index contributed by atoms with van der Waals surface area (Å²) < 4.78 is 109. The monoisotopic (exact) mass is 1610 g/mol. The molecule has 592 valence electrons. The number of phenols is 1. The van der Waals surface area contributed by atoms with E-state index < -0.39 is 117 Å².